The fraction of sp³-hybridized carbons (Fsp3) is 0.571. The number of aliphatic hydroxyl groups excluding tert-OH is 1. The molecule has 0 spiro atoms. The van der Waals surface area contributed by atoms with Crippen LogP contribution in [0.1, 0.15) is 18.5 Å². The van der Waals surface area contributed by atoms with Gasteiger partial charge < -0.3 is 10.4 Å². The molecule has 0 unspecified atom stereocenters. The lowest BCUT2D eigenvalue weighted by atomic mass is 9.89. The third-order valence-electron chi connectivity index (χ3n) is 2.29. The molecule has 1 saturated carbocycles. The number of aliphatic hydroxyl groups is 1. The van der Waals surface area contributed by atoms with Gasteiger partial charge in [-0.15, -0.1) is 0 Å². The minimum absolute atomic E-state index is 0.108. The molecule has 15 heavy (non-hydrogen) atoms. The van der Waals surface area contributed by atoms with E-state index in [1.54, 1.807) is 5.48 Å². The molecule has 0 aromatic carbocycles. The summed E-state index contributed by atoms with van der Waals surface area (Å²) in [6.45, 7) is 0. The second kappa shape index (κ2) is 3.83. The third-order valence-corrected chi connectivity index (χ3v) is 2.29. The molecule has 0 saturated heterocycles. The van der Waals surface area contributed by atoms with Gasteiger partial charge in [-0.05, 0) is 23.2 Å². The van der Waals surface area contributed by atoms with Crippen LogP contribution in [0.3, 0.4) is 0 Å². The van der Waals surface area contributed by atoms with E-state index in [0.29, 0.717) is 18.7 Å². The number of nitrogens with zero attached hydrogens (tertiary/aromatic N) is 2. The zero-order valence-corrected chi connectivity index (χ0v) is 7.77. The number of amidine groups is 1. The monoisotopic (exact) mass is 213 g/mol. The maximum atomic E-state index is 9.08. The Bertz CT molecular complexity index is 359. The van der Waals surface area contributed by atoms with Crippen molar-refractivity contribution in [3.8, 4) is 0 Å². The van der Waals surface area contributed by atoms with Gasteiger partial charge in [0.2, 0.25) is 5.82 Å². The average molecular weight is 213 g/mol. The van der Waals surface area contributed by atoms with Crippen LogP contribution in [-0.4, -0.2) is 38.6 Å². The van der Waals surface area contributed by atoms with Gasteiger partial charge in [-0.3, -0.25) is 16.1 Å². The molecular formula is C7H11N5O3. The number of anilines is 1. The molecular weight excluding hydrogens is 202 g/mol. The summed E-state index contributed by atoms with van der Waals surface area (Å²) in [5.41, 5.74) is 1.77. The summed E-state index contributed by atoms with van der Waals surface area (Å²) in [4.78, 5) is 0. The SMILES string of the molecule is N=C(NO)c1nonc1NC1CC(O)C1. The summed E-state index contributed by atoms with van der Waals surface area (Å²) < 4.78 is 4.45. The van der Waals surface area contributed by atoms with Crippen molar-refractivity contribution < 1.29 is 14.9 Å². The molecule has 0 radical (unpaired) electrons. The predicted octanol–water partition coefficient (Wildman–Crippen LogP) is -0.691. The summed E-state index contributed by atoms with van der Waals surface area (Å²) in [6.07, 6.45) is 0.986. The minimum Gasteiger partial charge on any atom is -0.393 e. The van der Waals surface area contributed by atoms with E-state index in [0.717, 1.165) is 0 Å². The molecule has 8 heteroatoms. The van der Waals surface area contributed by atoms with Gasteiger partial charge >= 0.3 is 0 Å². The molecule has 0 atom stereocenters. The zero-order valence-electron chi connectivity index (χ0n) is 7.77. The van der Waals surface area contributed by atoms with E-state index in [4.69, 9.17) is 15.7 Å². The molecule has 1 aliphatic rings. The van der Waals surface area contributed by atoms with Gasteiger partial charge in [-0.2, -0.15) is 0 Å². The zero-order chi connectivity index (χ0) is 10.8. The predicted molar refractivity (Wildman–Crippen MR) is 48.7 cm³/mol. The number of rotatable bonds is 3. The Morgan fingerprint density at radius 2 is 2.20 bits per heavy atom. The normalized spacial score (nSPS) is 24.4. The third kappa shape index (κ3) is 1.90. The van der Waals surface area contributed by atoms with Gasteiger partial charge in [-0.1, -0.05) is 0 Å². The molecule has 82 valence electrons. The smallest absolute Gasteiger partial charge is 0.202 e. The number of nitrogens with one attached hydrogen (secondary N) is 3. The van der Waals surface area contributed by atoms with Crippen LogP contribution in [0.5, 0.6) is 0 Å². The highest BCUT2D eigenvalue weighted by Crippen LogP contribution is 2.24. The van der Waals surface area contributed by atoms with Crippen molar-refractivity contribution in [3.63, 3.8) is 0 Å². The van der Waals surface area contributed by atoms with Gasteiger partial charge in [0.25, 0.3) is 0 Å². The van der Waals surface area contributed by atoms with E-state index in [1.165, 1.54) is 0 Å². The Balaban J connectivity index is 2.02. The van der Waals surface area contributed by atoms with Crippen LogP contribution in [-0.2, 0) is 0 Å². The van der Waals surface area contributed by atoms with E-state index >= 15 is 0 Å². The summed E-state index contributed by atoms with van der Waals surface area (Å²) in [6, 6.07) is 0.108. The van der Waals surface area contributed by atoms with Crippen LogP contribution in [0.2, 0.25) is 0 Å². The van der Waals surface area contributed by atoms with Crippen LogP contribution in [0, 0.1) is 5.41 Å². The summed E-state index contributed by atoms with van der Waals surface area (Å²) in [5, 5.41) is 34.9. The van der Waals surface area contributed by atoms with Gasteiger partial charge in [0.1, 0.15) is 0 Å². The van der Waals surface area contributed by atoms with Crippen molar-refractivity contribution in [1.29, 1.82) is 5.41 Å². The lowest BCUT2D eigenvalue weighted by Crippen LogP contribution is -2.39. The fourth-order valence-electron chi connectivity index (χ4n) is 1.40. The molecule has 2 rings (SSSR count). The summed E-state index contributed by atoms with van der Waals surface area (Å²) in [5.74, 6) is -0.00271. The van der Waals surface area contributed by atoms with Crippen molar-refractivity contribution in [2.75, 3.05) is 5.32 Å². The van der Waals surface area contributed by atoms with Gasteiger partial charge in [0, 0.05) is 6.04 Å². The maximum Gasteiger partial charge on any atom is 0.202 e. The second-order valence-electron chi connectivity index (χ2n) is 3.41. The van der Waals surface area contributed by atoms with Crippen molar-refractivity contribution in [2.45, 2.75) is 25.0 Å². The molecule has 1 aromatic heterocycles. The van der Waals surface area contributed by atoms with Crippen LogP contribution in [0.25, 0.3) is 0 Å². The van der Waals surface area contributed by atoms with Crippen LogP contribution >= 0.6 is 0 Å². The first-order valence-corrected chi connectivity index (χ1v) is 4.47. The largest absolute Gasteiger partial charge is 0.393 e. The minimum atomic E-state index is -0.293. The topological polar surface area (TPSA) is 127 Å². The maximum absolute atomic E-state index is 9.08. The van der Waals surface area contributed by atoms with E-state index in [2.05, 4.69) is 20.3 Å². The van der Waals surface area contributed by atoms with Gasteiger partial charge in [-0.25, -0.2) is 4.63 Å². The van der Waals surface area contributed by atoms with E-state index in [9.17, 15) is 0 Å². The molecule has 1 aliphatic carbocycles. The Morgan fingerprint density at radius 1 is 1.47 bits per heavy atom. The molecule has 0 aliphatic heterocycles. The molecule has 1 heterocycles. The Kier molecular flexibility index (Phi) is 2.52. The molecule has 1 aromatic rings. The number of hydrogen-bond donors (Lipinski definition) is 5. The Morgan fingerprint density at radius 3 is 2.80 bits per heavy atom. The quantitative estimate of drug-likeness (QED) is 0.255. The Labute approximate surface area is 84.7 Å². The number of hydroxylamine groups is 1. The highest BCUT2D eigenvalue weighted by atomic mass is 16.6. The summed E-state index contributed by atoms with van der Waals surface area (Å²) >= 11 is 0. The molecule has 8 nitrogen and oxygen atoms in total. The first kappa shape index (κ1) is 9.87. The average Bonchev–Trinajstić information content (AvgIpc) is 2.62. The number of hydrogen-bond acceptors (Lipinski definition) is 7. The number of aromatic nitrogens is 2. The molecule has 1 fully saturated rings. The van der Waals surface area contributed by atoms with Crippen molar-refractivity contribution in [3.05, 3.63) is 5.69 Å². The van der Waals surface area contributed by atoms with Crippen molar-refractivity contribution in [1.82, 2.24) is 15.8 Å². The lowest BCUT2D eigenvalue weighted by molar-refractivity contribution is 0.0834. The van der Waals surface area contributed by atoms with Gasteiger partial charge in [0.15, 0.2) is 11.5 Å². The van der Waals surface area contributed by atoms with Crippen molar-refractivity contribution >= 4 is 11.7 Å². The first-order chi connectivity index (χ1) is 7.20. The van der Waals surface area contributed by atoms with Crippen molar-refractivity contribution in [2.24, 2.45) is 0 Å². The highest BCUT2D eigenvalue weighted by molar-refractivity contribution is 5.97. The molecule has 0 amide bonds. The standard InChI is InChI=1S/C7H11N5O3/c8-6(10-14)5-7(12-15-11-5)9-3-1-4(13)2-3/h3-4,13-14H,1-2H2,(H2,8,10)(H,9,12). The Hall–Kier alpha value is -1.67. The van der Waals surface area contributed by atoms with E-state index < -0.39 is 0 Å². The first-order valence-electron chi connectivity index (χ1n) is 4.47. The second-order valence-corrected chi connectivity index (χ2v) is 3.41. The molecule has 5 N–H and O–H groups in total. The fourth-order valence-corrected chi connectivity index (χ4v) is 1.40. The van der Waals surface area contributed by atoms with Crippen LogP contribution in [0.4, 0.5) is 5.82 Å². The van der Waals surface area contributed by atoms with Crippen LogP contribution < -0.4 is 10.8 Å². The van der Waals surface area contributed by atoms with Gasteiger partial charge in [0.05, 0.1) is 6.10 Å². The summed E-state index contributed by atoms with van der Waals surface area (Å²) in [7, 11) is 0. The van der Waals surface area contributed by atoms with Crippen LogP contribution in [0.15, 0.2) is 4.63 Å². The van der Waals surface area contributed by atoms with E-state index in [1.807, 2.05) is 0 Å². The highest BCUT2D eigenvalue weighted by Gasteiger charge is 2.29. The molecule has 0 bridgehead atoms. The van der Waals surface area contributed by atoms with E-state index in [-0.39, 0.29) is 23.7 Å². The lowest BCUT2D eigenvalue weighted by Gasteiger charge is -2.31.